The van der Waals surface area contributed by atoms with Gasteiger partial charge in [0.05, 0.1) is 19.6 Å². The molecule has 1 aromatic rings. The molecule has 3 unspecified atom stereocenters. The van der Waals surface area contributed by atoms with Crippen LogP contribution in [-0.2, 0) is 23.9 Å². The summed E-state index contributed by atoms with van der Waals surface area (Å²) in [6.45, 7) is 1.52. The van der Waals surface area contributed by atoms with E-state index < -0.39 is 42.1 Å². The Bertz CT molecular complexity index is 887. The second-order valence-electron chi connectivity index (χ2n) is 7.53. The van der Waals surface area contributed by atoms with Gasteiger partial charge in [-0.05, 0) is 31.1 Å². The summed E-state index contributed by atoms with van der Waals surface area (Å²) in [6.07, 6.45) is 0.993. The number of carbonyl (C=O) groups is 4. The third kappa shape index (κ3) is 5.92. The zero-order valence-corrected chi connectivity index (χ0v) is 17.8. The van der Waals surface area contributed by atoms with Gasteiger partial charge in [-0.15, -0.1) is 0 Å². The van der Waals surface area contributed by atoms with Gasteiger partial charge in [-0.3, -0.25) is 19.2 Å². The number of ether oxygens (including phenoxy) is 2. The van der Waals surface area contributed by atoms with Crippen molar-refractivity contribution in [2.75, 3.05) is 26.3 Å². The molecule has 0 radical (unpaired) electrons. The van der Waals surface area contributed by atoms with Crippen LogP contribution in [0, 0.1) is 0 Å². The van der Waals surface area contributed by atoms with Crippen LogP contribution >= 0.6 is 0 Å². The van der Waals surface area contributed by atoms with Crippen molar-refractivity contribution in [2.45, 2.75) is 38.1 Å². The van der Waals surface area contributed by atoms with Gasteiger partial charge in [-0.1, -0.05) is 24.3 Å². The summed E-state index contributed by atoms with van der Waals surface area (Å²) in [7, 11) is 0. The molecule has 0 saturated carbocycles. The van der Waals surface area contributed by atoms with E-state index >= 15 is 0 Å². The summed E-state index contributed by atoms with van der Waals surface area (Å²) >= 11 is 0. The molecule has 1 aromatic carbocycles. The number of nitrogens with one attached hydrogen (secondary N) is 2. The number of aliphatic hydroxyl groups excluding tert-OH is 1. The molecule has 1 saturated heterocycles. The van der Waals surface area contributed by atoms with Crippen molar-refractivity contribution in [3.8, 4) is 0 Å². The Morgan fingerprint density at radius 3 is 2.66 bits per heavy atom. The average molecular weight is 445 g/mol. The predicted octanol–water partition coefficient (Wildman–Crippen LogP) is -0.270. The van der Waals surface area contributed by atoms with Crippen LogP contribution in [0.25, 0.3) is 0 Å². The second kappa shape index (κ2) is 10.9. The molecular weight excluding hydrogens is 418 g/mol. The Labute approximate surface area is 185 Å². The zero-order valence-electron chi connectivity index (χ0n) is 17.8. The highest BCUT2D eigenvalue weighted by molar-refractivity contribution is 5.98. The number of hydrogen-bond donors (Lipinski definition) is 3. The Morgan fingerprint density at radius 2 is 1.97 bits per heavy atom. The molecule has 10 heteroatoms. The fourth-order valence-electron chi connectivity index (χ4n) is 3.59. The van der Waals surface area contributed by atoms with Gasteiger partial charge in [0.1, 0.15) is 12.1 Å². The van der Waals surface area contributed by atoms with Gasteiger partial charge < -0.3 is 30.1 Å². The van der Waals surface area contributed by atoms with Gasteiger partial charge in [0.25, 0.3) is 5.91 Å². The average Bonchev–Trinajstić information content (AvgIpc) is 3.05. The standard InChI is InChI=1S/C22H27N3O7/c1-2-31-22-17(10-19(28)32-22)23-18(27)12-25-11-14(13-26)8-9-16(21(25)30)24-20(29)15-6-4-3-5-7-15/h3-8,16-17,22,26H,2,9-13H2,1H3,(H,23,27)(H,24,29). The van der Waals surface area contributed by atoms with Crippen LogP contribution in [0.4, 0.5) is 0 Å². The van der Waals surface area contributed by atoms with Crippen LogP contribution in [0.5, 0.6) is 0 Å². The molecule has 3 rings (SSSR count). The zero-order chi connectivity index (χ0) is 23.1. The van der Waals surface area contributed by atoms with E-state index in [0.717, 1.165) is 0 Å². The smallest absolute Gasteiger partial charge is 0.310 e. The van der Waals surface area contributed by atoms with Crippen molar-refractivity contribution >= 4 is 23.7 Å². The number of benzene rings is 1. The largest absolute Gasteiger partial charge is 0.433 e. The molecule has 2 aliphatic heterocycles. The van der Waals surface area contributed by atoms with E-state index in [9.17, 15) is 24.3 Å². The molecule has 2 heterocycles. The number of hydrogen-bond acceptors (Lipinski definition) is 7. The van der Waals surface area contributed by atoms with E-state index in [1.807, 2.05) is 0 Å². The van der Waals surface area contributed by atoms with Crippen molar-refractivity contribution in [3.05, 3.63) is 47.5 Å². The van der Waals surface area contributed by atoms with Crippen LogP contribution in [0.1, 0.15) is 30.1 Å². The van der Waals surface area contributed by atoms with E-state index in [2.05, 4.69) is 10.6 Å². The summed E-state index contributed by atoms with van der Waals surface area (Å²) in [5, 5.41) is 15.0. The third-order valence-corrected chi connectivity index (χ3v) is 5.16. The quantitative estimate of drug-likeness (QED) is 0.370. The van der Waals surface area contributed by atoms with Gasteiger partial charge in [0, 0.05) is 18.7 Å². The van der Waals surface area contributed by atoms with Crippen molar-refractivity contribution in [2.24, 2.45) is 0 Å². The lowest BCUT2D eigenvalue weighted by Gasteiger charge is -2.26. The maximum absolute atomic E-state index is 13.1. The first-order valence-electron chi connectivity index (χ1n) is 10.4. The number of aliphatic hydroxyl groups is 1. The maximum Gasteiger partial charge on any atom is 0.310 e. The summed E-state index contributed by atoms with van der Waals surface area (Å²) in [6, 6.07) is 6.95. The SMILES string of the molecule is CCOC1OC(=O)CC1NC(=O)CN1CC(CO)=CCC(NC(=O)c2ccccc2)C1=O. The Hall–Kier alpha value is -3.24. The van der Waals surface area contributed by atoms with Gasteiger partial charge in [0.15, 0.2) is 0 Å². The molecule has 0 aromatic heterocycles. The molecular formula is C22H27N3O7. The van der Waals surface area contributed by atoms with Crippen LogP contribution in [0.15, 0.2) is 42.0 Å². The molecule has 0 aliphatic carbocycles. The third-order valence-electron chi connectivity index (χ3n) is 5.16. The number of nitrogens with zero attached hydrogens (tertiary/aromatic N) is 1. The molecule has 10 nitrogen and oxygen atoms in total. The second-order valence-corrected chi connectivity index (χ2v) is 7.53. The van der Waals surface area contributed by atoms with Crippen molar-refractivity contribution in [3.63, 3.8) is 0 Å². The number of esters is 1. The lowest BCUT2D eigenvalue weighted by Crippen LogP contribution is -2.52. The number of cyclic esters (lactones) is 1. The first-order chi connectivity index (χ1) is 15.4. The lowest BCUT2D eigenvalue weighted by molar-refractivity contribution is -0.164. The molecule has 32 heavy (non-hydrogen) atoms. The molecule has 1 fully saturated rings. The molecule has 2 aliphatic rings. The summed E-state index contributed by atoms with van der Waals surface area (Å²) in [5.41, 5.74) is 0.974. The highest BCUT2D eigenvalue weighted by atomic mass is 16.7. The van der Waals surface area contributed by atoms with E-state index in [0.29, 0.717) is 17.7 Å². The van der Waals surface area contributed by atoms with Crippen LogP contribution in [0.2, 0.25) is 0 Å². The molecule has 172 valence electrons. The Morgan fingerprint density at radius 1 is 1.22 bits per heavy atom. The normalized spacial score (nSPS) is 23.2. The van der Waals surface area contributed by atoms with E-state index in [1.165, 1.54) is 4.90 Å². The minimum atomic E-state index is -0.882. The summed E-state index contributed by atoms with van der Waals surface area (Å²) in [5.74, 6) is -1.83. The lowest BCUT2D eigenvalue weighted by atomic mass is 10.1. The van der Waals surface area contributed by atoms with Gasteiger partial charge >= 0.3 is 5.97 Å². The molecule has 0 bridgehead atoms. The summed E-state index contributed by atoms with van der Waals surface area (Å²) < 4.78 is 10.4. The molecule has 3 N–H and O–H groups in total. The van der Waals surface area contributed by atoms with E-state index in [1.54, 1.807) is 43.3 Å². The maximum atomic E-state index is 13.1. The van der Waals surface area contributed by atoms with Crippen LogP contribution in [-0.4, -0.2) is 78.4 Å². The first-order valence-corrected chi connectivity index (χ1v) is 10.4. The monoisotopic (exact) mass is 445 g/mol. The van der Waals surface area contributed by atoms with Crippen LogP contribution < -0.4 is 10.6 Å². The van der Waals surface area contributed by atoms with Gasteiger partial charge in [0.2, 0.25) is 18.1 Å². The fourth-order valence-corrected chi connectivity index (χ4v) is 3.59. The van der Waals surface area contributed by atoms with Crippen molar-refractivity contribution < 1.29 is 33.8 Å². The predicted molar refractivity (Wildman–Crippen MR) is 112 cm³/mol. The minimum absolute atomic E-state index is 0.0259. The first kappa shape index (κ1) is 23.4. The number of rotatable bonds is 8. The van der Waals surface area contributed by atoms with Gasteiger partial charge in [-0.25, -0.2) is 0 Å². The molecule has 3 amide bonds. The van der Waals surface area contributed by atoms with E-state index in [-0.39, 0.29) is 32.5 Å². The topological polar surface area (TPSA) is 134 Å². The van der Waals surface area contributed by atoms with E-state index in [4.69, 9.17) is 9.47 Å². The van der Waals surface area contributed by atoms with Crippen LogP contribution in [0.3, 0.4) is 0 Å². The Kier molecular flexibility index (Phi) is 7.96. The summed E-state index contributed by atoms with van der Waals surface area (Å²) in [4.78, 5) is 51.1. The van der Waals surface area contributed by atoms with Crippen molar-refractivity contribution in [1.82, 2.24) is 15.5 Å². The number of carbonyl (C=O) groups excluding carboxylic acids is 4. The molecule has 0 spiro atoms. The minimum Gasteiger partial charge on any atom is -0.433 e. The van der Waals surface area contributed by atoms with Gasteiger partial charge in [-0.2, -0.15) is 0 Å². The van der Waals surface area contributed by atoms with Crippen molar-refractivity contribution in [1.29, 1.82) is 0 Å². The molecule has 3 atom stereocenters. The Balaban J connectivity index is 1.66. The number of amides is 3. The fraction of sp³-hybridized carbons (Fsp3) is 0.455. The highest BCUT2D eigenvalue weighted by Crippen LogP contribution is 2.17. The highest BCUT2D eigenvalue weighted by Gasteiger charge is 2.37.